The van der Waals surface area contributed by atoms with Gasteiger partial charge in [-0.25, -0.2) is 22.6 Å². The molecule has 1 aromatic rings. The molecule has 0 aromatic carbocycles. The molecule has 0 aliphatic carbocycles. The van der Waals surface area contributed by atoms with Crippen molar-refractivity contribution in [2.75, 3.05) is 13.3 Å². The fourth-order valence-electron chi connectivity index (χ4n) is 2.77. The van der Waals surface area contributed by atoms with Gasteiger partial charge in [-0.3, -0.25) is 14.3 Å². The normalized spacial score (nSPS) is 32.4. The van der Waals surface area contributed by atoms with Crippen LogP contribution in [0, 0.1) is 0 Å². The Kier molecular flexibility index (Phi) is 7.90. The second-order valence-corrected chi connectivity index (χ2v) is 12.5. The first-order chi connectivity index (χ1) is 14.3. The molecular formula is C11H18FN2O14P3S. The van der Waals surface area contributed by atoms with Gasteiger partial charge in [0.25, 0.3) is 5.56 Å². The molecule has 32 heavy (non-hydrogen) atoms. The quantitative estimate of drug-likeness (QED) is 0.171. The second kappa shape index (κ2) is 9.17. The number of aromatic amines is 1. The molecule has 3 unspecified atom stereocenters. The number of aliphatic hydroxyl groups is 2. The number of rotatable bonds is 9. The van der Waals surface area contributed by atoms with E-state index in [2.05, 4.69) is 25.0 Å². The van der Waals surface area contributed by atoms with E-state index in [0.29, 0.717) is 4.57 Å². The fraction of sp³-hybridized carbons (Fsp3) is 0.636. The van der Waals surface area contributed by atoms with E-state index in [1.807, 2.05) is 4.98 Å². The van der Waals surface area contributed by atoms with E-state index in [0.717, 1.165) is 19.2 Å². The first-order valence-corrected chi connectivity index (χ1v) is 13.7. The predicted molar refractivity (Wildman–Crippen MR) is 103 cm³/mol. The van der Waals surface area contributed by atoms with Crippen molar-refractivity contribution >= 4 is 34.2 Å². The largest absolute Gasteiger partial charge is 0.488 e. The van der Waals surface area contributed by atoms with Gasteiger partial charge in [0, 0.05) is 12.3 Å². The van der Waals surface area contributed by atoms with Crippen molar-refractivity contribution in [3.05, 3.63) is 33.1 Å². The number of alkyl halides is 1. The minimum atomic E-state index is -5.66. The number of ether oxygens (including phenoxy) is 1. The number of nitrogens with one attached hydrogen (secondary N) is 1. The van der Waals surface area contributed by atoms with E-state index < -0.39 is 70.4 Å². The van der Waals surface area contributed by atoms with Crippen LogP contribution < -0.4 is 11.2 Å². The van der Waals surface area contributed by atoms with E-state index >= 15 is 0 Å². The molecule has 1 fully saturated rings. The molecule has 0 radical (unpaired) electrons. The lowest BCUT2D eigenvalue weighted by molar-refractivity contribution is -0.136. The van der Waals surface area contributed by atoms with Crippen molar-refractivity contribution in [3.63, 3.8) is 0 Å². The summed E-state index contributed by atoms with van der Waals surface area (Å²) < 4.78 is 54.2. The second-order valence-electron chi connectivity index (χ2n) is 6.68. The molecular weight excluding hydrogens is 528 g/mol. The monoisotopic (exact) mass is 546 g/mol. The van der Waals surface area contributed by atoms with Crippen LogP contribution in [0.5, 0.6) is 0 Å². The van der Waals surface area contributed by atoms with Crippen LogP contribution in [0.25, 0.3) is 0 Å². The Bertz CT molecular complexity index is 1120. The number of phosphoric acid groups is 2. The Balaban J connectivity index is 2.28. The highest BCUT2D eigenvalue weighted by molar-refractivity contribution is 8.08. The van der Waals surface area contributed by atoms with E-state index in [-0.39, 0.29) is 0 Å². The topological polar surface area (TPSA) is 247 Å². The maximum absolute atomic E-state index is 13.9. The molecule has 1 aliphatic heterocycles. The van der Waals surface area contributed by atoms with Crippen LogP contribution in [0.1, 0.15) is 13.2 Å². The van der Waals surface area contributed by atoms with Crippen molar-refractivity contribution in [2.24, 2.45) is 0 Å². The summed E-state index contributed by atoms with van der Waals surface area (Å²) in [5.74, 6) is 0. The van der Waals surface area contributed by atoms with Gasteiger partial charge in [0.2, 0.25) is 0 Å². The minimum Gasteiger partial charge on any atom is -0.387 e. The zero-order chi connectivity index (χ0) is 24.8. The van der Waals surface area contributed by atoms with Crippen molar-refractivity contribution in [1.29, 1.82) is 0 Å². The Morgan fingerprint density at radius 3 is 2.38 bits per heavy atom. The first kappa shape index (κ1) is 27.6. The maximum atomic E-state index is 13.9. The van der Waals surface area contributed by atoms with E-state index in [4.69, 9.17) is 14.5 Å². The summed E-state index contributed by atoms with van der Waals surface area (Å²) >= 11 is 4.41. The summed E-state index contributed by atoms with van der Waals surface area (Å²) in [5, 5.41) is 21.1. The van der Waals surface area contributed by atoms with Gasteiger partial charge in [0.1, 0.15) is 18.4 Å². The Morgan fingerprint density at radius 1 is 1.28 bits per heavy atom. The lowest BCUT2D eigenvalue weighted by atomic mass is 9.88. The SMILES string of the molecule is C[C@]1(O)C(n2ccc(=O)[nH]c2=O)O[C@](CF)(COP(O)(=S)OP(=O)(O)OP(=O)(O)O)[C@H]1O. The van der Waals surface area contributed by atoms with Gasteiger partial charge in [-0.1, -0.05) is 0 Å². The molecule has 0 saturated carbocycles. The molecule has 0 spiro atoms. The third-order valence-electron chi connectivity index (χ3n) is 4.12. The van der Waals surface area contributed by atoms with Gasteiger partial charge in [-0.2, -0.15) is 4.31 Å². The van der Waals surface area contributed by atoms with Crippen molar-refractivity contribution in [1.82, 2.24) is 9.55 Å². The van der Waals surface area contributed by atoms with Crippen LogP contribution in [-0.4, -0.2) is 69.9 Å². The molecule has 21 heteroatoms. The molecule has 0 bridgehead atoms. The van der Waals surface area contributed by atoms with Crippen LogP contribution in [0.15, 0.2) is 21.9 Å². The van der Waals surface area contributed by atoms with Gasteiger partial charge >= 0.3 is 28.1 Å². The van der Waals surface area contributed by atoms with Crippen molar-refractivity contribution < 1.29 is 61.2 Å². The summed E-state index contributed by atoms with van der Waals surface area (Å²) in [4.78, 5) is 61.4. The van der Waals surface area contributed by atoms with Crippen molar-refractivity contribution in [2.45, 2.75) is 30.5 Å². The molecule has 2 rings (SSSR count). The number of aromatic nitrogens is 2. The summed E-state index contributed by atoms with van der Waals surface area (Å²) in [5.41, 5.74) is -6.79. The van der Waals surface area contributed by atoms with Gasteiger partial charge in [-0.15, -0.1) is 0 Å². The van der Waals surface area contributed by atoms with E-state index in [9.17, 15) is 43.1 Å². The standard InChI is InChI=1S/C11H18FN2O14P3S/c1-10(18)7(16)11(4-12,26-8(10)14-3-2-6(15)13-9(14)17)5-25-31(24,32)28-30(22,23)27-29(19,20)21/h2-3,7-8,16,18H,4-5H2,1H3,(H,22,23)(H,24,32)(H,13,15,17)(H2,19,20,21)/t7-,8?,10+,11+,31?/m0/s1. The highest BCUT2D eigenvalue weighted by Gasteiger charge is 2.62. The van der Waals surface area contributed by atoms with Crippen molar-refractivity contribution in [3.8, 4) is 0 Å². The zero-order valence-corrected chi connectivity index (χ0v) is 19.2. The molecule has 1 aliphatic rings. The summed E-state index contributed by atoms with van der Waals surface area (Å²) in [6.07, 6.45) is -3.06. The predicted octanol–water partition coefficient (Wildman–Crippen LogP) is -1.65. The molecule has 0 amide bonds. The number of nitrogens with zero attached hydrogens (tertiary/aromatic N) is 1. The van der Waals surface area contributed by atoms with Crippen LogP contribution in [0.2, 0.25) is 0 Å². The molecule has 2 heterocycles. The lowest BCUT2D eigenvalue weighted by Crippen LogP contribution is -2.53. The average Bonchev–Trinajstić information content (AvgIpc) is 2.78. The van der Waals surface area contributed by atoms with E-state index in [1.54, 1.807) is 0 Å². The number of aliphatic hydroxyl groups excluding tert-OH is 1. The first-order valence-electron chi connectivity index (χ1n) is 8.08. The van der Waals surface area contributed by atoms with Gasteiger partial charge < -0.3 is 39.0 Å². The highest BCUT2D eigenvalue weighted by Crippen LogP contribution is 2.66. The Morgan fingerprint density at radius 2 is 1.88 bits per heavy atom. The fourth-order valence-corrected chi connectivity index (χ4v) is 6.77. The molecule has 7 N–H and O–H groups in total. The van der Waals surface area contributed by atoms with Crippen LogP contribution in [-0.2, 0) is 38.8 Å². The maximum Gasteiger partial charge on any atom is 0.488 e. The minimum absolute atomic E-state index is 0.628. The molecule has 1 saturated heterocycles. The molecule has 184 valence electrons. The summed E-state index contributed by atoms with van der Waals surface area (Å²) in [7, 11) is -11.2. The van der Waals surface area contributed by atoms with Crippen LogP contribution in [0.4, 0.5) is 4.39 Å². The van der Waals surface area contributed by atoms with E-state index in [1.165, 1.54) is 0 Å². The number of H-pyrrole nitrogens is 1. The van der Waals surface area contributed by atoms with Gasteiger partial charge in [0.05, 0.1) is 6.61 Å². The summed E-state index contributed by atoms with van der Waals surface area (Å²) in [6, 6.07) is 0.875. The van der Waals surface area contributed by atoms with Crippen LogP contribution in [0.3, 0.4) is 0 Å². The Labute approximate surface area is 182 Å². The van der Waals surface area contributed by atoms with Crippen LogP contribution >= 0.6 is 22.4 Å². The van der Waals surface area contributed by atoms with Gasteiger partial charge in [-0.05, 0) is 18.7 Å². The lowest BCUT2D eigenvalue weighted by Gasteiger charge is -2.31. The zero-order valence-electron chi connectivity index (χ0n) is 15.7. The Hall–Kier alpha value is -0.680. The summed E-state index contributed by atoms with van der Waals surface area (Å²) in [6.45, 7) is -6.79. The number of hydrogen-bond donors (Lipinski definition) is 7. The average molecular weight is 546 g/mol. The highest BCUT2D eigenvalue weighted by atomic mass is 32.5. The molecule has 1 aromatic heterocycles. The molecule has 16 nitrogen and oxygen atoms in total. The third-order valence-corrected chi connectivity index (χ3v) is 8.82. The number of hydrogen-bond acceptors (Lipinski definition) is 11. The number of halogens is 1. The van der Waals surface area contributed by atoms with Gasteiger partial charge in [0.15, 0.2) is 11.8 Å². The smallest absolute Gasteiger partial charge is 0.387 e. The molecule has 6 atom stereocenters. The third kappa shape index (κ3) is 6.25.